The van der Waals surface area contributed by atoms with Crippen LogP contribution in [0.4, 0.5) is 0 Å². The number of ether oxygens (including phenoxy) is 2. The highest BCUT2D eigenvalue weighted by Gasteiger charge is 2.13. The topological polar surface area (TPSA) is 71.8 Å². The van der Waals surface area contributed by atoms with E-state index in [9.17, 15) is 10.2 Å². The Labute approximate surface area is 145 Å². The first kappa shape index (κ1) is 17.7. The van der Waals surface area contributed by atoms with Crippen LogP contribution in [0.3, 0.4) is 0 Å². The summed E-state index contributed by atoms with van der Waals surface area (Å²) in [5.74, 6) is 1.01. The van der Waals surface area contributed by atoms with E-state index in [1.165, 1.54) is 14.2 Å². The van der Waals surface area contributed by atoms with Crippen LogP contribution in [0.5, 0.6) is 23.0 Å². The maximum Gasteiger partial charge on any atom is 0.167 e. The summed E-state index contributed by atoms with van der Waals surface area (Å²) in [6, 6.07) is 8.96. The number of para-hydroxylation sites is 1. The average Bonchev–Trinajstić information content (AvgIpc) is 2.58. The third-order valence-corrected chi connectivity index (χ3v) is 3.86. The lowest BCUT2D eigenvalue weighted by atomic mass is 9.99. The van der Waals surface area contributed by atoms with Gasteiger partial charge in [-0.25, -0.2) is 0 Å². The molecule has 2 N–H and O–H groups in total. The van der Waals surface area contributed by atoms with Gasteiger partial charge in [0.2, 0.25) is 0 Å². The number of halogens is 1. The lowest BCUT2D eigenvalue weighted by Gasteiger charge is -2.12. The van der Waals surface area contributed by atoms with Crippen molar-refractivity contribution in [3.8, 4) is 23.0 Å². The molecule has 0 unspecified atom stereocenters. The molecule has 126 valence electrons. The molecule has 0 radical (unpaired) electrons. The minimum atomic E-state index is 0. The fourth-order valence-corrected chi connectivity index (χ4v) is 2.66. The van der Waals surface area contributed by atoms with Gasteiger partial charge in [0, 0.05) is 29.8 Å². The number of hydrogen-bond acceptors (Lipinski definition) is 5. The summed E-state index contributed by atoms with van der Waals surface area (Å²) in [4.78, 5) is 4.19. The average molecular weight is 348 g/mol. The van der Waals surface area contributed by atoms with E-state index in [4.69, 9.17) is 9.47 Å². The van der Waals surface area contributed by atoms with E-state index in [1.54, 1.807) is 24.5 Å². The Hall–Kier alpha value is -2.66. The number of phenolic OH excluding ortho intramolecular Hbond substituents is 2. The van der Waals surface area contributed by atoms with Crippen molar-refractivity contribution in [3.05, 3.63) is 53.9 Å². The molecule has 0 fully saturated rings. The molecule has 0 aliphatic heterocycles. The first-order chi connectivity index (χ1) is 11.2. The molecule has 0 aliphatic carbocycles. The molecular formula is C18H18ClNO4. The van der Waals surface area contributed by atoms with E-state index < -0.39 is 0 Å². The van der Waals surface area contributed by atoms with Gasteiger partial charge in [0.1, 0.15) is 0 Å². The van der Waals surface area contributed by atoms with Crippen LogP contribution in [0.15, 0.2) is 42.7 Å². The van der Waals surface area contributed by atoms with E-state index >= 15 is 0 Å². The third-order valence-electron chi connectivity index (χ3n) is 3.86. The molecule has 0 aliphatic rings. The molecule has 2 aromatic carbocycles. The van der Waals surface area contributed by atoms with E-state index in [0.29, 0.717) is 23.3 Å². The third kappa shape index (κ3) is 3.03. The molecule has 24 heavy (non-hydrogen) atoms. The second-order valence-corrected chi connectivity index (χ2v) is 5.15. The zero-order valence-corrected chi connectivity index (χ0v) is 14.1. The number of hydrogen-bond donors (Lipinski definition) is 2. The summed E-state index contributed by atoms with van der Waals surface area (Å²) < 4.78 is 10.3. The Kier molecular flexibility index (Phi) is 5.36. The fraction of sp³-hybridized carbons (Fsp3) is 0.167. The number of phenols is 2. The molecular weight excluding hydrogens is 330 g/mol. The Balaban J connectivity index is 0.00000208. The van der Waals surface area contributed by atoms with Crippen LogP contribution in [0.1, 0.15) is 11.1 Å². The van der Waals surface area contributed by atoms with Crippen LogP contribution in [0.2, 0.25) is 0 Å². The summed E-state index contributed by atoms with van der Waals surface area (Å²) >= 11 is 0. The summed E-state index contributed by atoms with van der Waals surface area (Å²) in [7, 11) is 3.02. The highest BCUT2D eigenvalue weighted by Crippen LogP contribution is 2.37. The Morgan fingerprint density at radius 1 is 0.833 bits per heavy atom. The van der Waals surface area contributed by atoms with Gasteiger partial charge in [0.25, 0.3) is 0 Å². The van der Waals surface area contributed by atoms with Crippen molar-refractivity contribution in [2.45, 2.75) is 6.42 Å². The number of aromatic hydroxyl groups is 2. The van der Waals surface area contributed by atoms with Crippen LogP contribution in [0.25, 0.3) is 10.8 Å². The van der Waals surface area contributed by atoms with Crippen LogP contribution < -0.4 is 9.47 Å². The molecule has 0 atom stereocenters. The van der Waals surface area contributed by atoms with Crippen molar-refractivity contribution in [1.29, 1.82) is 0 Å². The number of rotatable bonds is 4. The molecule has 1 heterocycles. The smallest absolute Gasteiger partial charge is 0.167 e. The van der Waals surface area contributed by atoms with Gasteiger partial charge < -0.3 is 19.7 Å². The number of benzene rings is 2. The second kappa shape index (κ2) is 7.27. The maximum absolute atomic E-state index is 10.2. The van der Waals surface area contributed by atoms with E-state index in [2.05, 4.69) is 4.98 Å². The number of pyridine rings is 1. The van der Waals surface area contributed by atoms with Crippen molar-refractivity contribution in [3.63, 3.8) is 0 Å². The monoisotopic (exact) mass is 347 g/mol. The van der Waals surface area contributed by atoms with Gasteiger partial charge in [-0.1, -0.05) is 18.2 Å². The zero-order chi connectivity index (χ0) is 16.4. The number of nitrogens with zero attached hydrogens (tertiary/aromatic N) is 1. The molecule has 0 saturated carbocycles. The summed E-state index contributed by atoms with van der Waals surface area (Å²) in [5, 5.41) is 22.0. The Morgan fingerprint density at radius 2 is 1.54 bits per heavy atom. The zero-order valence-electron chi connectivity index (χ0n) is 13.3. The lowest BCUT2D eigenvalue weighted by Crippen LogP contribution is -1.95. The van der Waals surface area contributed by atoms with Gasteiger partial charge in [-0.15, -0.1) is 12.4 Å². The van der Waals surface area contributed by atoms with Gasteiger partial charge in [0.05, 0.1) is 14.2 Å². The highest BCUT2D eigenvalue weighted by atomic mass is 35.5. The number of fused-ring (bicyclic) bond motifs is 1. The molecule has 0 amide bonds. The van der Waals surface area contributed by atoms with Crippen molar-refractivity contribution in [1.82, 2.24) is 4.98 Å². The molecule has 3 rings (SSSR count). The standard InChI is InChI=1S/C18H17NO4.ClH/c1-22-15-5-3-4-11(17(15)20)8-12-9-19-10-14-13(12)6-7-16(23-2)18(14)21;/h3-7,9-10,20-21H,8H2,1-2H3;1H. The Bertz CT molecular complexity index is 867. The van der Waals surface area contributed by atoms with Gasteiger partial charge in [-0.05, 0) is 23.1 Å². The normalized spacial score (nSPS) is 10.2. The summed E-state index contributed by atoms with van der Waals surface area (Å²) in [5.41, 5.74) is 1.62. The molecule has 6 heteroatoms. The SMILES string of the molecule is COc1cccc(Cc2cncc3c(O)c(OC)ccc23)c1O.Cl. The van der Waals surface area contributed by atoms with Crippen molar-refractivity contribution >= 4 is 23.2 Å². The van der Waals surface area contributed by atoms with Gasteiger partial charge in [-0.3, -0.25) is 4.98 Å². The lowest BCUT2D eigenvalue weighted by molar-refractivity contribution is 0.371. The van der Waals surface area contributed by atoms with Crippen LogP contribution >= 0.6 is 12.4 Å². The molecule has 3 aromatic rings. The number of methoxy groups -OCH3 is 2. The van der Waals surface area contributed by atoms with E-state index in [-0.39, 0.29) is 23.9 Å². The molecule has 0 saturated heterocycles. The molecule has 0 bridgehead atoms. The van der Waals surface area contributed by atoms with Crippen molar-refractivity contribution in [2.75, 3.05) is 14.2 Å². The minimum absolute atomic E-state index is 0. The number of aromatic nitrogens is 1. The van der Waals surface area contributed by atoms with Crippen molar-refractivity contribution in [2.24, 2.45) is 0 Å². The van der Waals surface area contributed by atoms with Crippen LogP contribution in [-0.2, 0) is 6.42 Å². The van der Waals surface area contributed by atoms with Gasteiger partial charge in [0.15, 0.2) is 23.0 Å². The minimum Gasteiger partial charge on any atom is -0.504 e. The predicted octanol–water partition coefficient (Wildman–Crippen LogP) is 3.68. The van der Waals surface area contributed by atoms with Crippen molar-refractivity contribution < 1.29 is 19.7 Å². The Morgan fingerprint density at radius 3 is 2.25 bits per heavy atom. The quantitative estimate of drug-likeness (QED) is 0.753. The first-order valence-corrected chi connectivity index (χ1v) is 7.13. The summed E-state index contributed by atoms with van der Waals surface area (Å²) in [6.45, 7) is 0. The van der Waals surface area contributed by atoms with Crippen LogP contribution in [0, 0.1) is 0 Å². The van der Waals surface area contributed by atoms with E-state index in [1.807, 2.05) is 18.2 Å². The van der Waals surface area contributed by atoms with Crippen LogP contribution in [-0.4, -0.2) is 29.4 Å². The molecule has 0 spiro atoms. The van der Waals surface area contributed by atoms with Gasteiger partial charge >= 0.3 is 0 Å². The molecule has 1 aromatic heterocycles. The maximum atomic E-state index is 10.2. The fourth-order valence-electron chi connectivity index (χ4n) is 2.66. The molecule has 5 nitrogen and oxygen atoms in total. The largest absolute Gasteiger partial charge is 0.504 e. The summed E-state index contributed by atoms with van der Waals surface area (Å²) in [6.07, 6.45) is 3.80. The predicted molar refractivity (Wildman–Crippen MR) is 94.7 cm³/mol. The highest BCUT2D eigenvalue weighted by molar-refractivity contribution is 5.92. The van der Waals surface area contributed by atoms with E-state index in [0.717, 1.165) is 16.5 Å². The first-order valence-electron chi connectivity index (χ1n) is 7.13. The second-order valence-electron chi connectivity index (χ2n) is 5.15. The van der Waals surface area contributed by atoms with Gasteiger partial charge in [-0.2, -0.15) is 0 Å².